The Bertz CT molecular complexity index is 436. The third kappa shape index (κ3) is 6.48. The van der Waals surface area contributed by atoms with Gasteiger partial charge in [0.1, 0.15) is 0 Å². The summed E-state index contributed by atoms with van der Waals surface area (Å²) in [7, 11) is 1.91. The fourth-order valence-corrected chi connectivity index (χ4v) is 2.34. The molecule has 0 radical (unpaired) electrons. The van der Waals surface area contributed by atoms with Gasteiger partial charge in [-0.2, -0.15) is 4.98 Å². The lowest BCUT2D eigenvalue weighted by molar-refractivity contribution is -0.133. The van der Waals surface area contributed by atoms with Crippen molar-refractivity contribution < 1.29 is 9.32 Å². The Kier molecular flexibility index (Phi) is 10.3. The molecule has 0 atom stereocenters. The zero-order valence-corrected chi connectivity index (χ0v) is 14.7. The highest BCUT2D eigenvalue weighted by Crippen LogP contribution is 2.08. The van der Waals surface area contributed by atoms with Crippen LogP contribution in [-0.2, 0) is 11.3 Å². The molecule has 7 nitrogen and oxygen atoms in total. The lowest BCUT2D eigenvalue weighted by Crippen LogP contribution is -2.48. The molecule has 2 heterocycles. The lowest BCUT2D eigenvalue weighted by atomic mass is 10.2. The van der Waals surface area contributed by atoms with E-state index in [1.165, 1.54) is 0 Å². The van der Waals surface area contributed by atoms with E-state index in [1.54, 1.807) is 6.92 Å². The first-order chi connectivity index (χ1) is 9.69. The van der Waals surface area contributed by atoms with Gasteiger partial charge in [-0.05, 0) is 20.0 Å². The van der Waals surface area contributed by atoms with Gasteiger partial charge in [-0.1, -0.05) is 5.16 Å². The van der Waals surface area contributed by atoms with Crippen LogP contribution in [0.2, 0.25) is 0 Å². The number of rotatable bonds is 6. The second-order valence-electron chi connectivity index (χ2n) is 5.09. The van der Waals surface area contributed by atoms with Crippen molar-refractivity contribution >= 4 is 30.7 Å². The Balaban J connectivity index is 0.00000220. The van der Waals surface area contributed by atoms with E-state index >= 15 is 0 Å². The summed E-state index contributed by atoms with van der Waals surface area (Å²) in [4.78, 5) is 20.4. The molecule has 0 aliphatic carbocycles. The van der Waals surface area contributed by atoms with E-state index in [4.69, 9.17) is 4.52 Å². The maximum Gasteiger partial charge on any atom is 0.223 e. The zero-order valence-electron chi connectivity index (χ0n) is 13.1. The number of nitrogens with zero attached hydrogens (tertiary/aromatic N) is 4. The van der Waals surface area contributed by atoms with E-state index in [2.05, 4.69) is 20.4 Å². The number of piperazine rings is 1. The smallest absolute Gasteiger partial charge is 0.223 e. The Labute approximate surface area is 143 Å². The monoisotopic (exact) mass is 353 g/mol. The number of hydrogen-bond donors (Lipinski definition) is 1. The van der Waals surface area contributed by atoms with Crippen LogP contribution in [0, 0.1) is 6.92 Å². The fraction of sp³-hybridized carbons (Fsp3) is 0.769. The van der Waals surface area contributed by atoms with E-state index in [0.717, 1.165) is 45.0 Å². The maximum atomic E-state index is 12.0. The van der Waals surface area contributed by atoms with Crippen LogP contribution in [0.15, 0.2) is 4.52 Å². The van der Waals surface area contributed by atoms with E-state index in [-0.39, 0.29) is 30.7 Å². The third-order valence-electron chi connectivity index (χ3n) is 3.48. The number of halogens is 2. The van der Waals surface area contributed by atoms with Crippen molar-refractivity contribution in [3.8, 4) is 0 Å². The van der Waals surface area contributed by atoms with Crippen LogP contribution in [-0.4, -0.2) is 65.6 Å². The summed E-state index contributed by atoms with van der Waals surface area (Å²) < 4.78 is 4.96. The van der Waals surface area contributed by atoms with Crippen molar-refractivity contribution in [1.29, 1.82) is 0 Å². The van der Waals surface area contributed by atoms with Gasteiger partial charge in [-0.25, -0.2) is 0 Å². The van der Waals surface area contributed by atoms with Crippen LogP contribution >= 0.6 is 24.8 Å². The maximum absolute atomic E-state index is 12.0. The number of aromatic nitrogens is 2. The second-order valence-corrected chi connectivity index (χ2v) is 5.09. The normalized spacial score (nSPS) is 15.1. The Morgan fingerprint density at radius 1 is 1.27 bits per heavy atom. The fourth-order valence-electron chi connectivity index (χ4n) is 2.34. The van der Waals surface area contributed by atoms with Gasteiger partial charge in [-0.15, -0.1) is 24.8 Å². The van der Waals surface area contributed by atoms with Crippen LogP contribution in [0.4, 0.5) is 0 Å². The Morgan fingerprint density at radius 3 is 2.50 bits per heavy atom. The molecule has 0 saturated carbocycles. The summed E-state index contributed by atoms with van der Waals surface area (Å²) in [6.45, 7) is 6.68. The Morgan fingerprint density at radius 2 is 1.95 bits per heavy atom. The summed E-state index contributed by atoms with van der Waals surface area (Å²) in [6, 6.07) is 0. The second kappa shape index (κ2) is 10.8. The number of amides is 1. The molecule has 22 heavy (non-hydrogen) atoms. The minimum Gasteiger partial charge on any atom is -0.340 e. The quantitative estimate of drug-likeness (QED) is 0.764. The molecule has 1 aliphatic heterocycles. The topological polar surface area (TPSA) is 74.5 Å². The number of nitrogens with one attached hydrogen (secondary N) is 1. The summed E-state index contributed by atoms with van der Waals surface area (Å²) in [5, 5.41) is 6.96. The summed E-state index contributed by atoms with van der Waals surface area (Å²) in [6.07, 6.45) is 1.53. The van der Waals surface area contributed by atoms with Gasteiger partial charge in [0.05, 0.1) is 6.54 Å². The average molecular weight is 354 g/mol. The molecule has 1 saturated heterocycles. The molecule has 9 heteroatoms. The van der Waals surface area contributed by atoms with Crippen LogP contribution in [0.3, 0.4) is 0 Å². The molecule has 1 amide bonds. The molecular weight excluding hydrogens is 329 g/mol. The van der Waals surface area contributed by atoms with E-state index in [1.807, 2.05) is 11.9 Å². The SMILES string of the molecule is CNCCCC(=O)N1CCN(Cc2noc(C)n2)CC1.Cl.Cl. The van der Waals surface area contributed by atoms with Gasteiger partial charge >= 0.3 is 0 Å². The molecule has 1 aliphatic rings. The van der Waals surface area contributed by atoms with Crippen molar-refractivity contribution in [2.24, 2.45) is 0 Å². The molecular formula is C13H25Cl2N5O2. The summed E-state index contributed by atoms with van der Waals surface area (Å²) in [5.74, 6) is 1.57. The predicted octanol–water partition coefficient (Wildman–Crippen LogP) is 0.865. The molecule has 0 spiro atoms. The predicted molar refractivity (Wildman–Crippen MR) is 88.5 cm³/mol. The Hall–Kier alpha value is -0.890. The molecule has 0 aromatic carbocycles. The van der Waals surface area contributed by atoms with E-state index in [9.17, 15) is 4.79 Å². The molecule has 1 fully saturated rings. The van der Waals surface area contributed by atoms with Gasteiger partial charge in [-0.3, -0.25) is 9.69 Å². The third-order valence-corrected chi connectivity index (χ3v) is 3.48. The van der Waals surface area contributed by atoms with Crippen molar-refractivity contribution in [2.75, 3.05) is 39.8 Å². The van der Waals surface area contributed by atoms with Gasteiger partial charge in [0, 0.05) is 39.5 Å². The van der Waals surface area contributed by atoms with Crippen LogP contribution in [0.5, 0.6) is 0 Å². The molecule has 2 rings (SSSR count). The molecule has 0 unspecified atom stereocenters. The molecule has 1 aromatic rings. The van der Waals surface area contributed by atoms with E-state index in [0.29, 0.717) is 18.9 Å². The van der Waals surface area contributed by atoms with Crippen LogP contribution in [0.25, 0.3) is 0 Å². The van der Waals surface area contributed by atoms with Crippen molar-refractivity contribution in [3.63, 3.8) is 0 Å². The largest absolute Gasteiger partial charge is 0.340 e. The minimum atomic E-state index is 0. The minimum absolute atomic E-state index is 0. The van der Waals surface area contributed by atoms with Gasteiger partial charge in [0.15, 0.2) is 5.82 Å². The van der Waals surface area contributed by atoms with Gasteiger partial charge in [0.25, 0.3) is 0 Å². The molecule has 1 aromatic heterocycles. The number of carbonyl (C=O) groups is 1. The number of aryl methyl sites for hydroxylation is 1. The zero-order chi connectivity index (χ0) is 14.4. The van der Waals surface area contributed by atoms with Crippen molar-refractivity contribution in [3.05, 3.63) is 11.7 Å². The lowest BCUT2D eigenvalue weighted by Gasteiger charge is -2.34. The van der Waals surface area contributed by atoms with E-state index < -0.39 is 0 Å². The van der Waals surface area contributed by atoms with Crippen LogP contribution in [0.1, 0.15) is 24.6 Å². The van der Waals surface area contributed by atoms with Crippen LogP contribution < -0.4 is 5.32 Å². The standard InChI is InChI=1S/C13H23N5O2.2ClH/c1-11-15-12(16-20-11)10-17-6-8-18(9-7-17)13(19)4-3-5-14-2;;/h14H,3-10H2,1-2H3;2*1H. The summed E-state index contributed by atoms with van der Waals surface area (Å²) >= 11 is 0. The number of hydrogen-bond acceptors (Lipinski definition) is 6. The van der Waals surface area contributed by atoms with Gasteiger partial charge in [0.2, 0.25) is 11.8 Å². The first-order valence-corrected chi connectivity index (χ1v) is 7.13. The average Bonchev–Trinajstić information content (AvgIpc) is 2.85. The highest BCUT2D eigenvalue weighted by atomic mass is 35.5. The first kappa shape index (κ1) is 21.1. The highest BCUT2D eigenvalue weighted by molar-refractivity contribution is 5.85. The highest BCUT2D eigenvalue weighted by Gasteiger charge is 2.21. The molecule has 0 bridgehead atoms. The summed E-state index contributed by atoms with van der Waals surface area (Å²) in [5.41, 5.74) is 0. The van der Waals surface area contributed by atoms with Gasteiger partial charge < -0.3 is 14.7 Å². The number of carbonyl (C=O) groups excluding carboxylic acids is 1. The van der Waals surface area contributed by atoms with Crippen molar-refractivity contribution in [2.45, 2.75) is 26.3 Å². The first-order valence-electron chi connectivity index (χ1n) is 7.13. The molecule has 128 valence electrons. The van der Waals surface area contributed by atoms with Crippen molar-refractivity contribution in [1.82, 2.24) is 25.3 Å². The molecule has 1 N–H and O–H groups in total.